The van der Waals surface area contributed by atoms with Crippen LogP contribution in [-0.2, 0) is 6.42 Å². The maximum atomic E-state index is 13.6. The SMILES string of the molecule is N#Cc1c(F)cccc1C1CCc2cccnc21. The number of rotatable bonds is 1. The molecule has 0 aliphatic heterocycles. The number of hydrogen-bond acceptors (Lipinski definition) is 2. The number of halogens is 1. The van der Waals surface area contributed by atoms with Crippen LogP contribution in [0, 0.1) is 17.1 Å². The number of aryl methyl sites for hydroxylation is 1. The maximum Gasteiger partial charge on any atom is 0.141 e. The summed E-state index contributed by atoms with van der Waals surface area (Å²) in [6.07, 6.45) is 3.59. The average molecular weight is 238 g/mol. The van der Waals surface area contributed by atoms with Crippen LogP contribution in [0.1, 0.15) is 34.7 Å². The fraction of sp³-hybridized carbons (Fsp3) is 0.200. The minimum atomic E-state index is -0.445. The van der Waals surface area contributed by atoms with Crippen molar-refractivity contribution in [2.45, 2.75) is 18.8 Å². The summed E-state index contributed by atoms with van der Waals surface area (Å²) in [5.41, 5.74) is 3.10. The predicted molar refractivity (Wildman–Crippen MR) is 65.5 cm³/mol. The highest BCUT2D eigenvalue weighted by molar-refractivity contribution is 5.47. The third-order valence-electron chi connectivity index (χ3n) is 3.49. The van der Waals surface area contributed by atoms with E-state index in [0.717, 1.165) is 24.1 Å². The van der Waals surface area contributed by atoms with Crippen molar-refractivity contribution in [1.29, 1.82) is 5.26 Å². The highest BCUT2D eigenvalue weighted by Gasteiger charge is 2.27. The normalized spacial score (nSPS) is 17.2. The van der Waals surface area contributed by atoms with Crippen LogP contribution in [0.15, 0.2) is 36.5 Å². The zero-order valence-electron chi connectivity index (χ0n) is 9.73. The molecular weight excluding hydrogens is 227 g/mol. The number of nitrogens with zero attached hydrogens (tertiary/aromatic N) is 2. The minimum absolute atomic E-state index is 0.0477. The van der Waals surface area contributed by atoms with Crippen LogP contribution < -0.4 is 0 Å². The summed E-state index contributed by atoms with van der Waals surface area (Å²) < 4.78 is 13.6. The predicted octanol–water partition coefficient (Wildman–Crippen LogP) is 3.17. The summed E-state index contributed by atoms with van der Waals surface area (Å²) in [5.74, 6) is -0.397. The number of nitriles is 1. The first-order chi connectivity index (χ1) is 8.81. The summed E-state index contributed by atoms with van der Waals surface area (Å²) in [6.45, 7) is 0. The molecule has 1 aliphatic carbocycles. The smallest absolute Gasteiger partial charge is 0.141 e. The second-order valence-corrected chi connectivity index (χ2v) is 4.45. The Balaban J connectivity index is 2.14. The molecule has 2 aromatic rings. The second-order valence-electron chi connectivity index (χ2n) is 4.45. The number of aromatic nitrogens is 1. The van der Waals surface area contributed by atoms with E-state index in [1.165, 1.54) is 11.6 Å². The molecule has 0 N–H and O–H groups in total. The van der Waals surface area contributed by atoms with E-state index in [9.17, 15) is 4.39 Å². The van der Waals surface area contributed by atoms with Crippen molar-refractivity contribution in [2.24, 2.45) is 0 Å². The maximum absolute atomic E-state index is 13.6. The van der Waals surface area contributed by atoms with Crippen LogP contribution in [0.3, 0.4) is 0 Å². The third kappa shape index (κ3) is 1.58. The zero-order valence-corrected chi connectivity index (χ0v) is 9.73. The van der Waals surface area contributed by atoms with Crippen molar-refractivity contribution in [1.82, 2.24) is 4.98 Å². The first-order valence-corrected chi connectivity index (χ1v) is 5.93. The van der Waals surface area contributed by atoms with Crippen molar-refractivity contribution in [2.75, 3.05) is 0 Å². The molecule has 1 aromatic carbocycles. The van der Waals surface area contributed by atoms with Gasteiger partial charge in [-0.05, 0) is 36.1 Å². The van der Waals surface area contributed by atoms with Crippen molar-refractivity contribution in [3.63, 3.8) is 0 Å². The van der Waals surface area contributed by atoms with Gasteiger partial charge in [-0.25, -0.2) is 4.39 Å². The molecule has 1 unspecified atom stereocenters. The Morgan fingerprint density at radius 2 is 2.17 bits per heavy atom. The molecule has 0 bridgehead atoms. The average Bonchev–Trinajstić information content (AvgIpc) is 2.82. The molecule has 0 saturated heterocycles. The van der Waals surface area contributed by atoms with Gasteiger partial charge >= 0.3 is 0 Å². The van der Waals surface area contributed by atoms with Gasteiger partial charge in [0.2, 0.25) is 0 Å². The van der Waals surface area contributed by atoms with E-state index in [1.807, 2.05) is 24.3 Å². The van der Waals surface area contributed by atoms with Crippen molar-refractivity contribution in [3.05, 3.63) is 64.7 Å². The Labute approximate surface area is 105 Å². The topological polar surface area (TPSA) is 36.7 Å². The Hall–Kier alpha value is -2.21. The molecule has 0 amide bonds. The lowest BCUT2D eigenvalue weighted by atomic mass is 9.92. The minimum Gasteiger partial charge on any atom is -0.260 e. The lowest BCUT2D eigenvalue weighted by Crippen LogP contribution is -2.03. The molecule has 1 atom stereocenters. The zero-order chi connectivity index (χ0) is 12.5. The van der Waals surface area contributed by atoms with Crippen LogP contribution in [0.25, 0.3) is 0 Å². The fourth-order valence-electron chi connectivity index (χ4n) is 2.66. The van der Waals surface area contributed by atoms with Gasteiger partial charge in [0.1, 0.15) is 11.9 Å². The molecule has 1 aromatic heterocycles. The van der Waals surface area contributed by atoms with Gasteiger partial charge in [0.15, 0.2) is 0 Å². The molecule has 0 saturated carbocycles. The molecule has 88 valence electrons. The Bertz CT molecular complexity index is 643. The van der Waals surface area contributed by atoms with E-state index in [0.29, 0.717) is 0 Å². The molecule has 18 heavy (non-hydrogen) atoms. The molecule has 0 spiro atoms. The molecular formula is C15H11FN2. The summed E-state index contributed by atoms with van der Waals surface area (Å²) >= 11 is 0. The van der Waals surface area contributed by atoms with Crippen molar-refractivity contribution in [3.8, 4) is 6.07 Å². The molecule has 0 radical (unpaired) electrons. The van der Waals surface area contributed by atoms with Crippen LogP contribution in [-0.4, -0.2) is 4.98 Å². The monoisotopic (exact) mass is 238 g/mol. The lowest BCUT2D eigenvalue weighted by Gasteiger charge is -2.12. The summed E-state index contributed by atoms with van der Waals surface area (Å²) in [5, 5.41) is 9.10. The standard InChI is InChI=1S/C15H11FN2/c16-14-5-1-4-11(13(14)9-17)12-7-6-10-3-2-8-18-15(10)12/h1-5,8,12H,6-7H2. The van der Waals surface area contributed by atoms with Crippen molar-refractivity contribution < 1.29 is 4.39 Å². The van der Waals surface area contributed by atoms with E-state index in [-0.39, 0.29) is 11.5 Å². The summed E-state index contributed by atoms with van der Waals surface area (Å²) in [7, 11) is 0. The first kappa shape index (κ1) is 10.9. The number of pyridine rings is 1. The van der Waals surface area contributed by atoms with Gasteiger partial charge < -0.3 is 0 Å². The number of benzene rings is 1. The van der Waals surface area contributed by atoms with Gasteiger partial charge in [0.05, 0.1) is 11.3 Å². The fourth-order valence-corrected chi connectivity index (χ4v) is 2.66. The molecule has 3 rings (SSSR count). The molecule has 2 nitrogen and oxygen atoms in total. The first-order valence-electron chi connectivity index (χ1n) is 5.93. The molecule has 0 fully saturated rings. The van der Waals surface area contributed by atoms with Crippen LogP contribution in [0.2, 0.25) is 0 Å². The number of hydrogen-bond donors (Lipinski definition) is 0. The van der Waals surface area contributed by atoms with Gasteiger partial charge in [0.25, 0.3) is 0 Å². The molecule has 1 heterocycles. The largest absolute Gasteiger partial charge is 0.260 e. The molecule has 3 heteroatoms. The summed E-state index contributed by atoms with van der Waals surface area (Å²) in [4.78, 5) is 4.39. The molecule has 1 aliphatic rings. The Kier molecular flexibility index (Phi) is 2.56. The van der Waals surface area contributed by atoms with Gasteiger partial charge in [-0.15, -0.1) is 0 Å². The van der Waals surface area contributed by atoms with E-state index in [1.54, 1.807) is 12.3 Å². The van der Waals surface area contributed by atoms with E-state index in [2.05, 4.69) is 4.98 Å². The van der Waals surface area contributed by atoms with E-state index < -0.39 is 5.82 Å². The highest BCUT2D eigenvalue weighted by Crippen LogP contribution is 2.38. The van der Waals surface area contributed by atoms with Crippen molar-refractivity contribution >= 4 is 0 Å². The van der Waals surface area contributed by atoms with E-state index >= 15 is 0 Å². The van der Waals surface area contributed by atoms with Crippen LogP contribution in [0.5, 0.6) is 0 Å². The summed E-state index contributed by atoms with van der Waals surface area (Å²) in [6, 6.07) is 10.8. The van der Waals surface area contributed by atoms with Crippen LogP contribution in [0.4, 0.5) is 4.39 Å². The second kappa shape index (κ2) is 4.23. The van der Waals surface area contributed by atoms with Gasteiger partial charge in [-0.2, -0.15) is 5.26 Å². The van der Waals surface area contributed by atoms with E-state index in [4.69, 9.17) is 5.26 Å². The number of fused-ring (bicyclic) bond motifs is 1. The highest BCUT2D eigenvalue weighted by atomic mass is 19.1. The van der Waals surface area contributed by atoms with Gasteiger partial charge in [-0.1, -0.05) is 18.2 Å². The van der Waals surface area contributed by atoms with Crippen LogP contribution >= 0.6 is 0 Å². The quantitative estimate of drug-likeness (QED) is 0.765. The van der Waals surface area contributed by atoms with Gasteiger partial charge in [-0.3, -0.25) is 4.98 Å². The Morgan fingerprint density at radius 3 is 3.00 bits per heavy atom. The Morgan fingerprint density at radius 1 is 1.28 bits per heavy atom. The third-order valence-corrected chi connectivity index (χ3v) is 3.49. The lowest BCUT2D eigenvalue weighted by molar-refractivity contribution is 0.617. The van der Waals surface area contributed by atoms with Gasteiger partial charge in [0, 0.05) is 12.1 Å².